The lowest BCUT2D eigenvalue weighted by molar-refractivity contribution is -0.138. The fraction of sp³-hybridized carbons (Fsp3) is 0.857. The third-order valence-electron chi connectivity index (χ3n) is 3.77. The number of piperazine rings is 1. The molecule has 0 spiro atoms. The molecule has 2 aliphatic rings. The predicted octanol–water partition coefficient (Wildman–Crippen LogP) is 0.408. The van der Waals surface area contributed by atoms with E-state index < -0.39 is 0 Å². The van der Waals surface area contributed by atoms with Crippen LogP contribution in [-0.4, -0.2) is 71.9 Å². The largest absolute Gasteiger partial charge is 0.353 e. The maximum absolute atomic E-state index is 12.4. The summed E-state index contributed by atoms with van der Waals surface area (Å²) in [4.78, 5) is 28.5. The molecule has 114 valence electrons. The molecule has 2 amide bonds. The molecule has 1 atom stereocenters. The van der Waals surface area contributed by atoms with Crippen molar-refractivity contribution in [2.24, 2.45) is 5.92 Å². The van der Waals surface area contributed by atoms with Crippen LogP contribution in [0.3, 0.4) is 0 Å². The lowest BCUT2D eigenvalue weighted by Crippen LogP contribution is -2.57. The molecule has 5 nitrogen and oxygen atoms in total. The summed E-state index contributed by atoms with van der Waals surface area (Å²) in [5.41, 5.74) is 0. The maximum atomic E-state index is 12.4. The Balaban J connectivity index is 1.95. The highest BCUT2D eigenvalue weighted by Gasteiger charge is 2.33. The quantitative estimate of drug-likeness (QED) is 0.817. The van der Waals surface area contributed by atoms with Gasteiger partial charge in [-0.05, 0) is 5.92 Å². The number of nitrogens with zero attached hydrogens (tertiary/aromatic N) is 2. The summed E-state index contributed by atoms with van der Waals surface area (Å²) in [7, 11) is 0. The van der Waals surface area contributed by atoms with E-state index in [4.69, 9.17) is 0 Å². The molecule has 0 aromatic heterocycles. The van der Waals surface area contributed by atoms with Gasteiger partial charge in [-0.15, -0.1) is 0 Å². The highest BCUT2D eigenvalue weighted by Crippen LogP contribution is 2.15. The SMILES string of the molecule is CC(C)CN1CCNC(=O)C1CC(=O)N1CCSCC1. The van der Waals surface area contributed by atoms with E-state index in [0.29, 0.717) is 18.9 Å². The molecule has 0 radical (unpaired) electrons. The van der Waals surface area contributed by atoms with Gasteiger partial charge in [0.25, 0.3) is 0 Å². The van der Waals surface area contributed by atoms with Crippen LogP contribution in [0, 0.1) is 5.92 Å². The molecule has 2 aliphatic heterocycles. The van der Waals surface area contributed by atoms with Gasteiger partial charge in [0.15, 0.2) is 0 Å². The Hall–Kier alpha value is -0.750. The van der Waals surface area contributed by atoms with Crippen molar-refractivity contribution >= 4 is 23.6 Å². The number of thioether (sulfide) groups is 1. The highest BCUT2D eigenvalue weighted by atomic mass is 32.2. The Morgan fingerprint density at radius 1 is 1.35 bits per heavy atom. The average Bonchev–Trinajstić information content (AvgIpc) is 2.43. The number of hydrogen-bond acceptors (Lipinski definition) is 4. The van der Waals surface area contributed by atoms with Crippen molar-refractivity contribution in [1.82, 2.24) is 15.1 Å². The minimum atomic E-state index is -0.284. The molecule has 1 unspecified atom stereocenters. The van der Waals surface area contributed by atoms with Gasteiger partial charge in [0, 0.05) is 44.2 Å². The van der Waals surface area contributed by atoms with Gasteiger partial charge in [0.05, 0.1) is 12.5 Å². The summed E-state index contributed by atoms with van der Waals surface area (Å²) in [6, 6.07) is -0.284. The van der Waals surface area contributed by atoms with E-state index in [2.05, 4.69) is 24.1 Å². The van der Waals surface area contributed by atoms with Crippen molar-refractivity contribution in [2.75, 3.05) is 44.2 Å². The van der Waals surface area contributed by atoms with Crippen molar-refractivity contribution in [3.8, 4) is 0 Å². The minimum Gasteiger partial charge on any atom is -0.353 e. The Kier molecular flexibility index (Phi) is 5.72. The molecule has 2 rings (SSSR count). The molecule has 1 N–H and O–H groups in total. The molecule has 0 saturated carbocycles. The van der Waals surface area contributed by atoms with Gasteiger partial charge < -0.3 is 10.2 Å². The van der Waals surface area contributed by atoms with Gasteiger partial charge in [-0.3, -0.25) is 14.5 Å². The smallest absolute Gasteiger partial charge is 0.237 e. The second-order valence-electron chi connectivity index (χ2n) is 5.89. The standard InChI is InChI=1S/C14H25N3O2S/c1-11(2)10-17-4-3-15-14(19)12(17)9-13(18)16-5-7-20-8-6-16/h11-12H,3-10H2,1-2H3,(H,15,19). The Morgan fingerprint density at radius 3 is 2.70 bits per heavy atom. The highest BCUT2D eigenvalue weighted by molar-refractivity contribution is 7.99. The Bertz CT molecular complexity index is 356. The van der Waals surface area contributed by atoms with Crippen LogP contribution in [0.15, 0.2) is 0 Å². The van der Waals surface area contributed by atoms with Gasteiger partial charge in [0.1, 0.15) is 0 Å². The van der Waals surface area contributed by atoms with Crippen molar-refractivity contribution < 1.29 is 9.59 Å². The normalized spacial score (nSPS) is 24.9. The van der Waals surface area contributed by atoms with Crippen molar-refractivity contribution in [3.05, 3.63) is 0 Å². The number of rotatable bonds is 4. The first kappa shape index (κ1) is 15.6. The fourth-order valence-corrected chi connectivity index (χ4v) is 3.68. The molecule has 0 aliphatic carbocycles. The van der Waals surface area contributed by atoms with Gasteiger partial charge >= 0.3 is 0 Å². The molecule has 0 bridgehead atoms. The molecule has 2 fully saturated rings. The number of carbonyl (C=O) groups excluding carboxylic acids is 2. The zero-order valence-corrected chi connectivity index (χ0v) is 13.2. The van der Waals surface area contributed by atoms with Gasteiger partial charge in [-0.1, -0.05) is 13.8 Å². The summed E-state index contributed by atoms with van der Waals surface area (Å²) >= 11 is 1.89. The summed E-state index contributed by atoms with van der Waals surface area (Å²) in [5.74, 6) is 2.67. The molecule has 2 saturated heterocycles. The second-order valence-corrected chi connectivity index (χ2v) is 7.12. The number of carbonyl (C=O) groups is 2. The number of amides is 2. The molecule has 20 heavy (non-hydrogen) atoms. The van der Waals surface area contributed by atoms with E-state index in [1.54, 1.807) is 0 Å². The van der Waals surface area contributed by atoms with E-state index in [1.165, 1.54) is 0 Å². The summed E-state index contributed by atoms with van der Waals surface area (Å²) in [6.45, 7) is 8.35. The molecular formula is C14H25N3O2S. The maximum Gasteiger partial charge on any atom is 0.237 e. The monoisotopic (exact) mass is 299 g/mol. The first-order valence-corrected chi connectivity index (χ1v) is 8.60. The van der Waals surface area contributed by atoms with Crippen LogP contribution in [-0.2, 0) is 9.59 Å². The first-order valence-electron chi connectivity index (χ1n) is 7.45. The third kappa shape index (κ3) is 4.12. The number of hydrogen-bond donors (Lipinski definition) is 1. The minimum absolute atomic E-state index is 0.0108. The average molecular weight is 299 g/mol. The van der Waals surface area contributed by atoms with Crippen LogP contribution < -0.4 is 5.32 Å². The van der Waals surface area contributed by atoms with Gasteiger partial charge in [0.2, 0.25) is 11.8 Å². The molecule has 2 heterocycles. The summed E-state index contributed by atoms with van der Waals surface area (Å²) < 4.78 is 0. The zero-order chi connectivity index (χ0) is 14.5. The van der Waals surface area contributed by atoms with E-state index in [-0.39, 0.29) is 17.9 Å². The summed E-state index contributed by atoms with van der Waals surface area (Å²) in [5, 5.41) is 2.89. The third-order valence-corrected chi connectivity index (χ3v) is 4.72. The van der Waals surface area contributed by atoms with Gasteiger partial charge in [-0.25, -0.2) is 0 Å². The topological polar surface area (TPSA) is 52.7 Å². The molecule has 0 aromatic carbocycles. The lowest BCUT2D eigenvalue weighted by atomic mass is 10.1. The molecular weight excluding hydrogens is 274 g/mol. The fourth-order valence-electron chi connectivity index (χ4n) is 2.78. The van der Waals surface area contributed by atoms with E-state index in [1.807, 2.05) is 16.7 Å². The van der Waals surface area contributed by atoms with E-state index in [0.717, 1.165) is 37.7 Å². The van der Waals surface area contributed by atoms with Crippen molar-refractivity contribution in [1.29, 1.82) is 0 Å². The second kappa shape index (κ2) is 7.31. The van der Waals surface area contributed by atoms with Crippen LogP contribution in [0.1, 0.15) is 20.3 Å². The van der Waals surface area contributed by atoms with Crippen LogP contribution in [0.5, 0.6) is 0 Å². The Labute approximate surface area is 125 Å². The van der Waals surface area contributed by atoms with Crippen molar-refractivity contribution in [3.63, 3.8) is 0 Å². The van der Waals surface area contributed by atoms with Crippen LogP contribution in [0.2, 0.25) is 0 Å². The van der Waals surface area contributed by atoms with Crippen LogP contribution >= 0.6 is 11.8 Å². The van der Waals surface area contributed by atoms with Gasteiger partial charge in [-0.2, -0.15) is 11.8 Å². The van der Waals surface area contributed by atoms with Crippen molar-refractivity contribution in [2.45, 2.75) is 26.3 Å². The number of nitrogens with one attached hydrogen (secondary N) is 1. The lowest BCUT2D eigenvalue weighted by Gasteiger charge is -2.37. The summed E-state index contributed by atoms with van der Waals surface area (Å²) in [6.07, 6.45) is 0.323. The van der Waals surface area contributed by atoms with Crippen LogP contribution in [0.25, 0.3) is 0 Å². The molecule has 0 aromatic rings. The Morgan fingerprint density at radius 2 is 2.05 bits per heavy atom. The predicted molar refractivity (Wildman–Crippen MR) is 81.7 cm³/mol. The van der Waals surface area contributed by atoms with E-state index >= 15 is 0 Å². The molecule has 6 heteroatoms. The zero-order valence-electron chi connectivity index (χ0n) is 12.4. The van der Waals surface area contributed by atoms with Crippen LogP contribution in [0.4, 0.5) is 0 Å². The first-order chi connectivity index (χ1) is 9.58. The van der Waals surface area contributed by atoms with E-state index in [9.17, 15) is 9.59 Å².